The van der Waals surface area contributed by atoms with Gasteiger partial charge in [0.1, 0.15) is 12.4 Å². The molecule has 1 N–H and O–H groups in total. The summed E-state index contributed by atoms with van der Waals surface area (Å²) in [5.74, 6) is 0.335. The number of rotatable bonds is 2. The maximum absolute atomic E-state index is 11.6. The number of carbonyl (C=O) groups is 1. The Morgan fingerprint density at radius 1 is 1.65 bits per heavy atom. The van der Waals surface area contributed by atoms with Crippen LogP contribution in [-0.4, -0.2) is 41.0 Å². The van der Waals surface area contributed by atoms with Crippen molar-refractivity contribution >= 4 is 32.9 Å². The van der Waals surface area contributed by atoms with Gasteiger partial charge in [-0.05, 0) is 28.1 Å². The summed E-state index contributed by atoms with van der Waals surface area (Å²) in [7, 11) is 1.34. The van der Waals surface area contributed by atoms with Gasteiger partial charge >= 0.3 is 5.97 Å². The molecule has 0 radical (unpaired) electrons. The third kappa shape index (κ3) is 2.02. The summed E-state index contributed by atoms with van der Waals surface area (Å²) in [4.78, 5) is 16.1. The number of aliphatic hydroxyl groups excluding tert-OH is 1. The third-order valence-corrected chi connectivity index (χ3v) is 3.95. The molecule has 0 saturated heterocycles. The molecule has 0 fully saturated rings. The number of nitrogens with zero attached hydrogens (tertiary/aromatic N) is 2. The fraction of sp³-hybridized carbons (Fsp3) is 0.385. The maximum atomic E-state index is 11.6. The van der Waals surface area contributed by atoms with Crippen LogP contribution in [0, 0.1) is 0 Å². The molecule has 6 nitrogen and oxygen atoms in total. The summed E-state index contributed by atoms with van der Waals surface area (Å²) >= 11 is 3.47. The standard InChI is InChI=1S/C13H13BrN2O4/c1-19-13(18)7-2-9(14)12-10(3-7)15-11-6-20-5-8(4-17)16(11)12/h2-3,8,17H,4-6H2,1H3. The molecule has 1 atom stereocenters. The third-order valence-electron chi connectivity index (χ3n) is 3.35. The molecule has 2 heterocycles. The molecule has 1 aromatic heterocycles. The second kappa shape index (κ2) is 5.16. The lowest BCUT2D eigenvalue weighted by Crippen LogP contribution is -2.26. The zero-order valence-electron chi connectivity index (χ0n) is 10.8. The number of esters is 1. The Labute approximate surface area is 123 Å². The lowest BCUT2D eigenvalue weighted by molar-refractivity contribution is 0.0355. The van der Waals surface area contributed by atoms with Gasteiger partial charge in [-0.25, -0.2) is 9.78 Å². The minimum absolute atomic E-state index is 0.0242. The molecule has 1 unspecified atom stereocenters. The number of imidazole rings is 1. The maximum Gasteiger partial charge on any atom is 0.337 e. The van der Waals surface area contributed by atoms with Crippen molar-refractivity contribution in [3.05, 3.63) is 28.0 Å². The number of hydrogen-bond acceptors (Lipinski definition) is 5. The van der Waals surface area contributed by atoms with E-state index in [-0.39, 0.29) is 12.6 Å². The molecule has 0 amide bonds. The van der Waals surface area contributed by atoms with Crippen molar-refractivity contribution in [3.8, 4) is 0 Å². The fourth-order valence-corrected chi connectivity index (χ4v) is 3.10. The van der Waals surface area contributed by atoms with E-state index in [0.29, 0.717) is 24.3 Å². The number of aliphatic hydroxyl groups is 1. The number of carbonyl (C=O) groups excluding carboxylic acids is 1. The Bertz CT molecular complexity index is 683. The summed E-state index contributed by atoms with van der Waals surface area (Å²) in [6, 6.07) is 3.22. The van der Waals surface area contributed by atoms with Crippen molar-refractivity contribution in [3.63, 3.8) is 0 Å². The zero-order valence-corrected chi connectivity index (χ0v) is 12.4. The van der Waals surface area contributed by atoms with Gasteiger partial charge < -0.3 is 19.1 Å². The summed E-state index contributed by atoms with van der Waals surface area (Å²) in [5, 5.41) is 9.47. The van der Waals surface area contributed by atoms with Crippen LogP contribution in [-0.2, 0) is 16.1 Å². The molecule has 3 rings (SSSR count). The topological polar surface area (TPSA) is 73.6 Å². The first-order chi connectivity index (χ1) is 9.65. The average molecular weight is 341 g/mol. The van der Waals surface area contributed by atoms with Crippen molar-refractivity contribution in [1.82, 2.24) is 9.55 Å². The predicted octanol–water partition coefficient (Wildman–Crippen LogP) is 1.65. The fourth-order valence-electron chi connectivity index (χ4n) is 2.46. The van der Waals surface area contributed by atoms with E-state index in [1.807, 2.05) is 4.57 Å². The van der Waals surface area contributed by atoms with E-state index in [9.17, 15) is 9.90 Å². The molecule has 106 valence electrons. The van der Waals surface area contributed by atoms with Crippen molar-refractivity contribution in [2.24, 2.45) is 0 Å². The molecule has 20 heavy (non-hydrogen) atoms. The molecule has 7 heteroatoms. The number of fused-ring (bicyclic) bond motifs is 3. The first kappa shape index (κ1) is 13.5. The van der Waals surface area contributed by atoms with Crippen molar-refractivity contribution in [1.29, 1.82) is 0 Å². The summed E-state index contributed by atoms with van der Waals surface area (Å²) in [6.07, 6.45) is 0. The van der Waals surface area contributed by atoms with Gasteiger partial charge in [0.15, 0.2) is 0 Å². The molecule has 1 aromatic carbocycles. The quantitative estimate of drug-likeness (QED) is 0.841. The van der Waals surface area contributed by atoms with Crippen LogP contribution in [0.25, 0.3) is 11.0 Å². The molecular formula is C13H13BrN2O4. The monoisotopic (exact) mass is 340 g/mol. The van der Waals surface area contributed by atoms with Crippen LogP contribution in [0.4, 0.5) is 0 Å². The van der Waals surface area contributed by atoms with Gasteiger partial charge in [0.2, 0.25) is 0 Å². The highest BCUT2D eigenvalue weighted by Crippen LogP contribution is 2.32. The smallest absolute Gasteiger partial charge is 0.337 e. The van der Waals surface area contributed by atoms with E-state index in [2.05, 4.69) is 20.9 Å². The van der Waals surface area contributed by atoms with E-state index < -0.39 is 5.97 Å². The summed E-state index contributed by atoms with van der Waals surface area (Å²) in [5.41, 5.74) is 1.97. The van der Waals surface area contributed by atoms with Gasteiger partial charge in [-0.15, -0.1) is 0 Å². The number of benzene rings is 1. The van der Waals surface area contributed by atoms with E-state index in [0.717, 1.165) is 15.8 Å². The highest BCUT2D eigenvalue weighted by molar-refractivity contribution is 9.10. The molecular weight excluding hydrogens is 328 g/mol. The second-order valence-corrected chi connectivity index (χ2v) is 5.42. The van der Waals surface area contributed by atoms with E-state index in [1.54, 1.807) is 12.1 Å². The second-order valence-electron chi connectivity index (χ2n) is 4.57. The zero-order chi connectivity index (χ0) is 14.3. The SMILES string of the molecule is COC(=O)c1cc(Br)c2c(c1)nc1n2C(CO)COC1. The molecule has 1 aliphatic heterocycles. The summed E-state index contributed by atoms with van der Waals surface area (Å²) in [6.45, 7) is 0.814. The number of methoxy groups -OCH3 is 1. The predicted molar refractivity (Wildman–Crippen MR) is 74.6 cm³/mol. The van der Waals surface area contributed by atoms with E-state index >= 15 is 0 Å². The van der Waals surface area contributed by atoms with Crippen LogP contribution in [0.3, 0.4) is 0 Å². The van der Waals surface area contributed by atoms with Crippen LogP contribution in [0.15, 0.2) is 16.6 Å². The average Bonchev–Trinajstić information content (AvgIpc) is 2.84. The van der Waals surface area contributed by atoms with Gasteiger partial charge in [0, 0.05) is 4.47 Å². The van der Waals surface area contributed by atoms with Crippen LogP contribution >= 0.6 is 15.9 Å². The van der Waals surface area contributed by atoms with Gasteiger partial charge in [0.05, 0.1) is 43.0 Å². The van der Waals surface area contributed by atoms with Gasteiger partial charge in [-0.2, -0.15) is 0 Å². The first-order valence-corrected chi connectivity index (χ1v) is 6.92. The lowest BCUT2D eigenvalue weighted by Gasteiger charge is -2.24. The Morgan fingerprint density at radius 3 is 3.15 bits per heavy atom. The molecule has 2 aromatic rings. The largest absolute Gasteiger partial charge is 0.465 e. The first-order valence-electron chi connectivity index (χ1n) is 6.13. The Morgan fingerprint density at radius 2 is 2.45 bits per heavy atom. The van der Waals surface area contributed by atoms with Crippen molar-refractivity contribution in [2.75, 3.05) is 20.3 Å². The number of hydrogen-bond donors (Lipinski definition) is 1. The van der Waals surface area contributed by atoms with Crippen molar-refractivity contribution in [2.45, 2.75) is 12.6 Å². The normalized spacial score (nSPS) is 18.1. The Hall–Kier alpha value is -1.44. The molecule has 0 bridgehead atoms. The Kier molecular flexibility index (Phi) is 3.49. The van der Waals surface area contributed by atoms with Crippen LogP contribution < -0.4 is 0 Å². The lowest BCUT2D eigenvalue weighted by atomic mass is 10.2. The number of halogens is 1. The van der Waals surface area contributed by atoms with Crippen LogP contribution in [0.1, 0.15) is 22.2 Å². The molecule has 0 saturated carbocycles. The molecule has 1 aliphatic rings. The Balaban J connectivity index is 2.23. The summed E-state index contributed by atoms with van der Waals surface area (Å²) < 4.78 is 12.9. The van der Waals surface area contributed by atoms with Gasteiger partial charge in [0.25, 0.3) is 0 Å². The number of ether oxygens (including phenoxy) is 2. The van der Waals surface area contributed by atoms with E-state index in [4.69, 9.17) is 9.47 Å². The molecule has 0 spiro atoms. The van der Waals surface area contributed by atoms with Gasteiger partial charge in [-0.1, -0.05) is 0 Å². The highest BCUT2D eigenvalue weighted by atomic mass is 79.9. The molecule has 0 aliphatic carbocycles. The minimum atomic E-state index is -0.409. The van der Waals surface area contributed by atoms with Crippen molar-refractivity contribution < 1.29 is 19.4 Å². The van der Waals surface area contributed by atoms with Gasteiger partial charge in [-0.3, -0.25) is 0 Å². The minimum Gasteiger partial charge on any atom is -0.465 e. The van der Waals surface area contributed by atoms with Crippen LogP contribution in [0.5, 0.6) is 0 Å². The number of aromatic nitrogens is 2. The highest BCUT2D eigenvalue weighted by Gasteiger charge is 2.25. The van der Waals surface area contributed by atoms with E-state index in [1.165, 1.54) is 7.11 Å². The van der Waals surface area contributed by atoms with Crippen LogP contribution in [0.2, 0.25) is 0 Å².